The fraction of sp³-hybridized carbons (Fsp3) is 0.450. The summed E-state index contributed by atoms with van der Waals surface area (Å²) in [6, 6.07) is 10.1. The number of nitrogens with zero attached hydrogens (tertiary/aromatic N) is 1. The van der Waals surface area contributed by atoms with Crippen LogP contribution in [0.4, 0.5) is 0 Å². The monoisotopic (exact) mass is 388 g/mol. The molecular weight excluding hydrogens is 364 g/mol. The number of benzene rings is 1. The second kappa shape index (κ2) is 6.80. The smallest absolute Gasteiger partial charge is 0.257 e. The molecule has 1 spiro atoms. The second-order valence-corrected chi connectivity index (χ2v) is 9.28. The zero-order chi connectivity index (χ0) is 19.1. The Labute approximate surface area is 159 Å². The van der Waals surface area contributed by atoms with E-state index in [0.717, 1.165) is 25.7 Å². The van der Waals surface area contributed by atoms with Crippen molar-refractivity contribution in [3.63, 3.8) is 0 Å². The lowest BCUT2D eigenvalue weighted by Crippen LogP contribution is -2.59. The van der Waals surface area contributed by atoms with E-state index in [1.54, 1.807) is 43.3 Å². The van der Waals surface area contributed by atoms with Gasteiger partial charge in [0.1, 0.15) is 5.76 Å². The van der Waals surface area contributed by atoms with E-state index in [9.17, 15) is 13.2 Å². The first-order valence-electron chi connectivity index (χ1n) is 9.32. The number of furan rings is 1. The van der Waals surface area contributed by atoms with E-state index >= 15 is 0 Å². The largest absolute Gasteiger partial charge is 0.469 e. The number of likely N-dealkylation sites (tertiary alicyclic amines) is 1. The molecule has 2 aromatic rings. The number of hydrogen-bond donors (Lipinski definition) is 1. The highest BCUT2D eigenvalue weighted by Crippen LogP contribution is 2.49. The average molecular weight is 388 g/mol. The lowest BCUT2D eigenvalue weighted by Gasteiger charge is -2.53. The van der Waals surface area contributed by atoms with Gasteiger partial charge in [0.25, 0.3) is 5.91 Å². The van der Waals surface area contributed by atoms with Gasteiger partial charge in [-0.3, -0.25) is 4.79 Å². The molecule has 2 heterocycles. The van der Waals surface area contributed by atoms with E-state index in [0.29, 0.717) is 29.3 Å². The Morgan fingerprint density at radius 3 is 2.41 bits per heavy atom. The first-order chi connectivity index (χ1) is 12.9. The Kier molecular flexibility index (Phi) is 4.60. The van der Waals surface area contributed by atoms with Gasteiger partial charge in [-0.05, 0) is 56.2 Å². The number of nitrogens with one attached hydrogen (secondary N) is 1. The van der Waals surface area contributed by atoms with Gasteiger partial charge < -0.3 is 9.32 Å². The molecule has 1 aromatic heterocycles. The molecule has 0 bridgehead atoms. The molecule has 2 fully saturated rings. The highest BCUT2D eigenvalue weighted by atomic mass is 32.2. The molecule has 1 aliphatic carbocycles. The quantitative estimate of drug-likeness (QED) is 0.873. The highest BCUT2D eigenvalue weighted by molar-refractivity contribution is 7.89. The standard InChI is InChI=1S/C20H24N2O4S/c1-15-17(8-14-26-15)19(23)22-12-10-20(11-13-22)9-7-18(20)21-27(24,25)16-5-3-2-4-6-16/h2-6,8,14,18,21H,7,9-13H2,1H3. The molecule has 1 amide bonds. The third kappa shape index (κ3) is 3.30. The summed E-state index contributed by atoms with van der Waals surface area (Å²) < 4.78 is 33.4. The summed E-state index contributed by atoms with van der Waals surface area (Å²) in [6.07, 6.45) is 5.02. The van der Waals surface area contributed by atoms with Crippen LogP contribution in [0, 0.1) is 12.3 Å². The molecule has 7 heteroatoms. The number of rotatable bonds is 4. The van der Waals surface area contributed by atoms with E-state index in [-0.39, 0.29) is 17.4 Å². The molecule has 144 valence electrons. The summed E-state index contributed by atoms with van der Waals surface area (Å²) in [5.74, 6) is 0.634. The van der Waals surface area contributed by atoms with Gasteiger partial charge in [0, 0.05) is 19.1 Å². The van der Waals surface area contributed by atoms with Crippen molar-refractivity contribution in [1.82, 2.24) is 9.62 Å². The second-order valence-electron chi connectivity index (χ2n) is 7.57. The Bertz CT molecular complexity index is 928. The SMILES string of the molecule is Cc1occc1C(=O)N1CCC2(CCC2NS(=O)(=O)c2ccccc2)CC1. The van der Waals surface area contributed by atoms with Gasteiger partial charge in [-0.1, -0.05) is 18.2 Å². The van der Waals surface area contributed by atoms with Crippen LogP contribution in [0.15, 0.2) is 52.0 Å². The lowest BCUT2D eigenvalue weighted by atomic mass is 9.59. The van der Waals surface area contributed by atoms with Gasteiger partial charge >= 0.3 is 0 Å². The summed E-state index contributed by atoms with van der Waals surface area (Å²) in [5, 5.41) is 0. The minimum Gasteiger partial charge on any atom is -0.469 e. The van der Waals surface area contributed by atoms with E-state index in [1.807, 2.05) is 4.90 Å². The number of piperidine rings is 1. The van der Waals surface area contributed by atoms with E-state index in [4.69, 9.17) is 4.42 Å². The van der Waals surface area contributed by atoms with Crippen LogP contribution in [0.2, 0.25) is 0 Å². The molecule has 1 aromatic carbocycles. The minimum atomic E-state index is -3.51. The summed E-state index contributed by atoms with van der Waals surface area (Å²) >= 11 is 0. The maximum Gasteiger partial charge on any atom is 0.257 e. The van der Waals surface area contributed by atoms with Crippen LogP contribution in [0.5, 0.6) is 0 Å². The Hall–Kier alpha value is -2.12. The summed E-state index contributed by atoms with van der Waals surface area (Å²) in [7, 11) is -3.51. The zero-order valence-electron chi connectivity index (χ0n) is 15.3. The topological polar surface area (TPSA) is 79.6 Å². The molecule has 27 heavy (non-hydrogen) atoms. The lowest BCUT2D eigenvalue weighted by molar-refractivity contribution is 0.00504. The number of hydrogen-bond acceptors (Lipinski definition) is 4. The average Bonchev–Trinajstić information content (AvgIpc) is 3.11. The molecule has 4 rings (SSSR count). The zero-order valence-corrected chi connectivity index (χ0v) is 16.2. The molecule has 1 N–H and O–H groups in total. The minimum absolute atomic E-state index is 0.00293. The fourth-order valence-electron chi connectivity index (χ4n) is 4.27. The fourth-order valence-corrected chi connectivity index (χ4v) is 5.66. The summed E-state index contributed by atoms with van der Waals surface area (Å²) in [5.41, 5.74) is 0.574. The molecule has 2 aliphatic rings. The van der Waals surface area contributed by atoms with Gasteiger partial charge in [0.2, 0.25) is 10.0 Å². The van der Waals surface area contributed by atoms with Crippen LogP contribution < -0.4 is 4.72 Å². The summed E-state index contributed by atoms with van der Waals surface area (Å²) in [6.45, 7) is 3.08. The molecule has 1 unspecified atom stereocenters. The van der Waals surface area contributed by atoms with Crippen molar-refractivity contribution in [2.75, 3.05) is 13.1 Å². The number of amides is 1. The van der Waals surface area contributed by atoms with E-state index < -0.39 is 10.0 Å². The van der Waals surface area contributed by atoms with Crippen molar-refractivity contribution in [1.29, 1.82) is 0 Å². The normalized spacial score (nSPS) is 21.8. The number of carbonyl (C=O) groups excluding carboxylic acids is 1. The third-order valence-corrected chi connectivity index (χ3v) is 7.64. The van der Waals surface area contributed by atoms with Crippen LogP contribution in [0.1, 0.15) is 41.8 Å². The van der Waals surface area contributed by atoms with Gasteiger partial charge in [-0.2, -0.15) is 0 Å². The van der Waals surface area contributed by atoms with E-state index in [1.165, 1.54) is 6.26 Å². The van der Waals surface area contributed by atoms with Gasteiger partial charge in [-0.25, -0.2) is 13.1 Å². The third-order valence-electron chi connectivity index (χ3n) is 6.16. The number of sulfonamides is 1. The van der Waals surface area contributed by atoms with Crippen LogP contribution in [0.3, 0.4) is 0 Å². The van der Waals surface area contributed by atoms with Crippen LogP contribution in [-0.4, -0.2) is 38.4 Å². The number of aryl methyl sites for hydroxylation is 1. The van der Waals surface area contributed by atoms with Crippen molar-refractivity contribution < 1.29 is 17.6 Å². The van der Waals surface area contributed by atoms with Crippen molar-refractivity contribution in [2.45, 2.75) is 43.5 Å². The highest BCUT2D eigenvalue weighted by Gasteiger charge is 2.50. The van der Waals surface area contributed by atoms with Crippen LogP contribution in [0.25, 0.3) is 0 Å². The van der Waals surface area contributed by atoms with Crippen molar-refractivity contribution in [3.8, 4) is 0 Å². The molecule has 1 aliphatic heterocycles. The summed E-state index contributed by atoms with van der Waals surface area (Å²) in [4.78, 5) is 14.8. The Balaban J connectivity index is 1.41. The molecule has 0 radical (unpaired) electrons. The first-order valence-corrected chi connectivity index (χ1v) is 10.8. The molecule has 1 saturated heterocycles. The van der Waals surface area contributed by atoms with Gasteiger partial charge in [-0.15, -0.1) is 0 Å². The first kappa shape index (κ1) is 18.3. The van der Waals surface area contributed by atoms with E-state index in [2.05, 4.69) is 4.72 Å². The van der Waals surface area contributed by atoms with Gasteiger partial charge in [0.15, 0.2) is 0 Å². The predicted molar refractivity (Wildman–Crippen MR) is 101 cm³/mol. The Morgan fingerprint density at radius 1 is 1.15 bits per heavy atom. The molecule has 1 saturated carbocycles. The molecular formula is C20H24N2O4S. The van der Waals surface area contributed by atoms with Crippen LogP contribution >= 0.6 is 0 Å². The Morgan fingerprint density at radius 2 is 1.85 bits per heavy atom. The maximum absolute atomic E-state index is 12.6. The van der Waals surface area contributed by atoms with Crippen molar-refractivity contribution >= 4 is 15.9 Å². The van der Waals surface area contributed by atoms with Crippen LogP contribution in [-0.2, 0) is 10.0 Å². The molecule has 6 nitrogen and oxygen atoms in total. The molecule has 1 atom stereocenters. The number of carbonyl (C=O) groups is 1. The van der Waals surface area contributed by atoms with Crippen molar-refractivity contribution in [3.05, 3.63) is 54.0 Å². The predicted octanol–water partition coefficient (Wildman–Crippen LogP) is 2.95. The van der Waals surface area contributed by atoms with Gasteiger partial charge in [0.05, 0.1) is 16.7 Å². The van der Waals surface area contributed by atoms with Crippen molar-refractivity contribution in [2.24, 2.45) is 5.41 Å². The maximum atomic E-state index is 12.6.